The molecule has 0 radical (unpaired) electrons. The lowest BCUT2D eigenvalue weighted by molar-refractivity contribution is -0.117. The summed E-state index contributed by atoms with van der Waals surface area (Å²) in [5.41, 5.74) is 5.47. The number of carbonyl (C=O) groups excluding carboxylic acids is 1. The standard InChI is InChI=1S/C25H32N4OS/c1-18-5-3-13-28(17-18)22-11-8-20(9-12-22)16-26-25(31)27-21-10-7-19(2)23(15-21)29-14-4-6-24(29)30/h7-12,15,18H,3-6,13-14,16-17H2,1-2H3,(H2,26,27,31). The Morgan fingerprint density at radius 3 is 2.65 bits per heavy atom. The van der Waals surface area contributed by atoms with Crippen LogP contribution in [0.15, 0.2) is 42.5 Å². The Morgan fingerprint density at radius 1 is 1.13 bits per heavy atom. The zero-order valence-electron chi connectivity index (χ0n) is 18.5. The van der Waals surface area contributed by atoms with Crippen LogP contribution in [-0.4, -0.2) is 30.7 Å². The summed E-state index contributed by atoms with van der Waals surface area (Å²) in [6.07, 6.45) is 4.16. The SMILES string of the molecule is Cc1ccc(NC(=S)NCc2ccc(N3CCCC(C)C3)cc2)cc1N1CCCC1=O. The molecular weight excluding hydrogens is 404 g/mol. The Bertz CT molecular complexity index is 943. The van der Waals surface area contributed by atoms with Crippen LogP contribution in [-0.2, 0) is 11.3 Å². The zero-order valence-corrected chi connectivity index (χ0v) is 19.3. The van der Waals surface area contributed by atoms with E-state index in [2.05, 4.69) is 46.7 Å². The van der Waals surface area contributed by atoms with Gasteiger partial charge in [-0.15, -0.1) is 0 Å². The number of carbonyl (C=O) groups is 1. The van der Waals surface area contributed by atoms with Gasteiger partial charge in [0.1, 0.15) is 0 Å². The molecule has 2 N–H and O–H groups in total. The number of amides is 1. The number of nitrogens with one attached hydrogen (secondary N) is 2. The summed E-state index contributed by atoms with van der Waals surface area (Å²) in [5, 5.41) is 7.13. The molecule has 0 aliphatic carbocycles. The molecule has 2 heterocycles. The second-order valence-corrected chi connectivity index (χ2v) is 9.23. The highest BCUT2D eigenvalue weighted by atomic mass is 32.1. The average molecular weight is 437 g/mol. The van der Waals surface area contributed by atoms with Crippen molar-refractivity contribution in [2.75, 3.05) is 34.8 Å². The van der Waals surface area contributed by atoms with Crippen molar-refractivity contribution in [2.45, 2.75) is 46.1 Å². The third kappa shape index (κ3) is 5.37. The second kappa shape index (κ2) is 9.69. The van der Waals surface area contributed by atoms with Gasteiger partial charge in [0.2, 0.25) is 5.91 Å². The number of thiocarbonyl (C=S) groups is 1. The maximum absolute atomic E-state index is 12.1. The summed E-state index contributed by atoms with van der Waals surface area (Å²) < 4.78 is 0. The predicted molar refractivity (Wildman–Crippen MR) is 133 cm³/mol. The maximum Gasteiger partial charge on any atom is 0.227 e. The van der Waals surface area contributed by atoms with Crippen molar-refractivity contribution in [3.8, 4) is 0 Å². The van der Waals surface area contributed by atoms with E-state index in [1.165, 1.54) is 24.1 Å². The van der Waals surface area contributed by atoms with Crippen LogP contribution in [0.3, 0.4) is 0 Å². The van der Waals surface area contributed by atoms with E-state index in [0.717, 1.165) is 48.9 Å². The van der Waals surface area contributed by atoms with Crippen LogP contribution in [0, 0.1) is 12.8 Å². The van der Waals surface area contributed by atoms with Gasteiger partial charge >= 0.3 is 0 Å². The number of rotatable bonds is 5. The number of aryl methyl sites for hydroxylation is 1. The van der Waals surface area contributed by atoms with Crippen molar-refractivity contribution in [1.82, 2.24) is 5.32 Å². The highest BCUT2D eigenvalue weighted by molar-refractivity contribution is 7.80. The van der Waals surface area contributed by atoms with Crippen LogP contribution < -0.4 is 20.4 Å². The molecule has 1 atom stereocenters. The monoisotopic (exact) mass is 436 g/mol. The third-order valence-corrected chi connectivity index (χ3v) is 6.49. The maximum atomic E-state index is 12.1. The highest BCUT2D eigenvalue weighted by Crippen LogP contribution is 2.28. The Hall–Kier alpha value is -2.60. The number of nitrogens with zero attached hydrogens (tertiary/aromatic N) is 2. The fourth-order valence-corrected chi connectivity index (χ4v) is 4.68. The molecule has 31 heavy (non-hydrogen) atoms. The van der Waals surface area contributed by atoms with E-state index in [-0.39, 0.29) is 5.91 Å². The minimum atomic E-state index is 0.198. The molecule has 4 rings (SSSR count). The van der Waals surface area contributed by atoms with Gasteiger partial charge in [0.25, 0.3) is 0 Å². The first-order valence-electron chi connectivity index (χ1n) is 11.3. The molecular formula is C25H32N4OS. The summed E-state index contributed by atoms with van der Waals surface area (Å²) in [5.74, 6) is 0.966. The van der Waals surface area contributed by atoms with Gasteiger partial charge in [-0.05, 0) is 79.7 Å². The summed E-state index contributed by atoms with van der Waals surface area (Å²) in [6, 6.07) is 14.8. The van der Waals surface area contributed by atoms with E-state index in [4.69, 9.17) is 12.2 Å². The van der Waals surface area contributed by atoms with E-state index in [9.17, 15) is 4.79 Å². The molecule has 0 bridgehead atoms. The number of anilines is 3. The molecule has 2 saturated heterocycles. The third-order valence-electron chi connectivity index (χ3n) is 6.24. The molecule has 2 fully saturated rings. The van der Waals surface area contributed by atoms with Gasteiger partial charge in [0, 0.05) is 49.7 Å². The quantitative estimate of drug-likeness (QED) is 0.657. The molecule has 5 nitrogen and oxygen atoms in total. The number of benzene rings is 2. The summed E-state index contributed by atoms with van der Waals surface area (Å²) >= 11 is 5.50. The molecule has 2 aromatic carbocycles. The Balaban J connectivity index is 1.32. The smallest absolute Gasteiger partial charge is 0.227 e. The molecule has 2 aromatic rings. The van der Waals surface area contributed by atoms with E-state index in [1.54, 1.807) is 0 Å². The molecule has 2 aliphatic rings. The van der Waals surface area contributed by atoms with Crippen molar-refractivity contribution >= 4 is 40.3 Å². The predicted octanol–water partition coefficient (Wildman–Crippen LogP) is 4.84. The van der Waals surface area contributed by atoms with Crippen molar-refractivity contribution in [3.63, 3.8) is 0 Å². The number of hydrogen-bond acceptors (Lipinski definition) is 3. The van der Waals surface area contributed by atoms with Crippen molar-refractivity contribution in [1.29, 1.82) is 0 Å². The fraction of sp³-hybridized carbons (Fsp3) is 0.440. The lowest BCUT2D eigenvalue weighted by Gasteiger charge is -2.32. The van der Waals surface area contributed by atoms with E-state index in [1.807, 2.05) is 30.0 Å². The van der Waals surface area contributed by atoms with Crippen LogP contribution in [0.2, 0.25) is 0 Å². The van der Waals surface area contributed by atoms with Gasteiger partial charge in [-0.1, -0.05) is 25.1 Å². The van der Waals surface area contributed by atoms with Gasteiger partial charge in [-0.2, -0.15) is 0 Å². The van der Waals surface area contributed by atoms with Crippen molar-refractivity contribution in [2.24, 2.45) is 5.92 Å². The summed E-state index contributed by atoms with van der Waals surface area (Å²) in [7, 11) is 0. The normalized spacial score (nSPS) is 18.9. The van der Waals surface area contributed by atoms with Gasteiger partial charge in [0.15, 0.2) is 5.11 Å². The van der Waals surface area contributed by atoms with Gasteiger partial charge in [0.05, 0.1) is 0 Å². The van der Waals surface area contributed by atoms with E-state index in [0.29, 0.717) is 18.1 Å². The van der Waals surface area contributed by atoms with Gasteiger partial charge in [-0.25, -0.2) is 0 Å². The van der Waals surface area contributed by atoms with Crippen LogP contribution in [0.25, 0.3) is 0 Å². The Kier molecular flexibility index (Phi) is 6.76. The first-order valence-corrected chi connectivity index (χ1v) is 11.7. The van der Waals surface area contributed by atoms with Crippen LogP contribution in [0.4, 0.5) is 17.1 Å². The molecule has 2 aliphatic heterocycles. The average Bonchev–Trinajstić information content (AvgIpc) is 3.19. The summed E-state index contributed by atoms with van der Waals surface area (Å²) in [4.78, 5) is 16.5. The van der Waals surface area contributed by atoms with Gasteiger partial charge < -0.3 is 20.4 Å². The second-order valence-electron chi connectivity index (χ2n) is 8.82. The van der Waals surface area contributed by atoms with Crippen molar-refractivity contribution in [3.05, 3.63) is 53.6 Å². The molecule has 6 heteroatoms. The van der Waals surface area contributed by atoms with Crippen LogP contribution in [0.1, 0.15) is 43.7 Å². The lowest BCUT2D eigenvalue weighted by Crippen LogP contribution is -2.34. The van der Waals surface area contributed by atoms with Gasteiger partial charge in [-0.3, -0.25) is 4.79 Å². The molecule has 1 amide bonds. The Morgan fingerprint density at radius 2 is 1.94 bits per heavy atom. The molecule has 0 aromatic heterocycles. The van der Waals surface area contributed by atoms with Crippen LogP contribution >= 0.6 is 12.2 Å². The summed E-state index contributed by atoms with van der Waals surface area (Å²) in [6.45, 7) is 8.13. The van der Waals surface area contributed by atoms with E-state index >= 15 is 0 Å². The molecule has 0 spiro atoms. The van der Waals surface area contributed by atoms with E-state index < -0.39 is 0 Å². The molecule has 0 saturated carbocycles. The highest BCUT2D eigenvalue weighted by Gasteiger charge is 2.23. The van der Waals surface area contributed by atoms with Crippen molar-refractivity contribution < 1.29 is 4.79 Å². The first kappa shape index (κ1) is 21.6. The minimum absolute atomic E-state index is 0.198. The number of hydrogen-bond donors (Lipinski definition) is 2. The Labute approximate surface area is 190 Å². The molecule has 164 valence electrons. The molecule has 1 unspecified atom stereocenters. The lowest BCUT2D eigenvalue weighted by atomic mass is 9.99. The first-order chi connectivity index (χ1) is 15.0. The fourth-order valence-electron chi connectivity index (χ4n) is 4.49. The minimum Gasteiger partial charge on any atom is -0.371 e. The topological polar surface area (TPSA) is 47.6 Å². The zero-order chi connectivity index (χ0) is 21.8. The largest absolute Gasteiger partial charge is 0.371 e. The number of piperidine rings is 1. The van der Waals surface area contributed by atoms with Crippen LogP contribution in [0.5, 0.6) is 0 Å².